The average Bonchev–Trinajstić information content (AvgIpc) is 3.46. The van der Waals surface area contributed by atoms with Gasteiger partial charge in [0.15, 0.2) is 0 Å². The third kappa shape index (κ3) is 5.77. The van der Waals surface area contributed by atoms with Gasteiger partial charge in [0.25, 0.3) is 0 Å². The minimum Gasteiger partial charge on any atom is -0.508 e. The summed E-state index contributed by atoms with van der Waals surface area (Å²) in [5.74, 6) is 1.14. The van der Waals surface area contributed by atoms with Crippen LogP contribution in [0.1, 0.15) is 60.7 Å². The molecule has 0 amide bonds. The van der Waals surface area contributed by atoms with Crippen LogP contribution in [0.4, 0.5) is 4.39 Å². The highest BCUT2D eigenvalue weighted by atomic mass is 19.1. The molecule has 0 bridgehead atoms. The standard InChI is InChI=1S/C30H34FN3O3/c1-20(17-29-21(2)32-37-33-29)27-6-3-5-23-18-24(35)9-12-28(23)30(27)22-7-10-25(11-8-22)36-26-13-16-34(19-26)15-4-14-31/h7-12,17-18,26,35H,3-6,13-16,19H2,1-2H3/b20-17+/t26-/m0/s1. The van der Waals surface area contributed by atoms with Crippen molar-refractivity contribution in [3.05, 3.63) is 81.7 Å². The van der Waals surface area contributed by atoms with Gasteiger partial charge in [0.05, 0.1) is 6.67 Å². The predicted molar refractivity (Wildman–Crippen MR) is 142 cm³/mol. The number of nitrogens with zero attached hydrogens (tertiary/aromatic N) is 3. The molecule has 5 rings (SSSR count). The van der Waals surface area contributed by atoms with E-state index >= 15 is 0 Å². The van der Waals surface area contributed by atoms with E-state index in [4.69, 9.17) is 9.37 Å². The number of ether oxygens (including phenoxy) is 1. The van der Waals surface area contributed by atoms with Crippen LogP contribution in [0.2, 0.25) is 0 Å². The molecular formula is C30H34FN3O3. The Morgan fingerprint density at radius 1 is 1.19 bits per heavy atom. The number of aromatic nitrogens is 2. The molecule has 1 atom stereocenters. The van der Waals surface area contributed by atoms with Gasteiger partial charge < -0.3 is 9.84 Å². The van der Waals surface area contributed by atoms with Crippen molar-refractivity contribution < 1.29 is 18.9 Å². The van der Waals surface area contributed by atoms with E-state index in [1.54, 1.807) is 6.07 Å². The number of aryl methyl sites for hydroxylation is 2. The number of rotatable bonds is 8. The molecule has 1 aromatic heterocycles. The summed E-state index contributed by atoms with van der Waals surface area (Å²) in [6, 6.07) is 14.0. The van der Waals surface area contributed by atoms with Crippen molar-refractivity contribution in [2.24, 2.45) is 0 Å². The molecule has 7 heteroatoms. The topological polar surface area (TPSA) is 71.6 Å². The first-order valence-electron chi connectivity index (χ1n) is 13.1. The van der Waals surface area contributed by atoms with Gasteiger partial charge in [-0.1, -0.05) is 28.5 Å². The third-order valence-corrected chi connectivity index (χ3v) is 7.33. The number of alkyl halides is 1. The van der Waals surface area contributed by atoms with E-state index in [1.807, 2.05) is 37.3 Å². The van der Waals surface area contributed by atoms with Gasteiger partial charge in [-0.25, -0.2) is 4.63 Å². The maximum Gasteiger partial charge on any atom is 0.131 e. The number of halogens is 1. The van der Waals surface area contributed by atoms with Crippen molar-refractivity contribution in [2.75, 3.05) is 26.3 Å². The van der Waals surface area contributed by atoms with Crippen LogP contribution >= 0.6 is 0 Å². The van der Waals surface area contributed by atoms with Gasteiger partial charge in [-0.3, -0.25) is 9.29 Å². The summed E-state index contributed by atoms with van der Waals surface area (Å²) in [6.45, 7) is 6.31. The second-order valence-electron chi connectivity index (χ2n) is 10.0. The fraction of sp³-hybridized carbons (Fsp3) is 0.400. The first-order chi connectivity index (χ1) is 18.0. The van der Waals surface area contributed by atoms with E-state index in [9.17, 15) is 9.50 Å². The number of benzene rings is 2. The summed E-state index contributed by atoms with van der Waals surface area (Å²) in [4.78, 5) is 2.27. The van der Waals surface area contributed by atoms with E-state index in [-0.39, 0.29) is 12.8 Å². The van der Waals surface area contributed by atoms with Gasteiger partial charge >= 0.3 is 0 Å². The number of allylic oxidation sites excluding steroid dienone is 2. The number of phenolic OH excluding ortho intramolecular Hbond substituents is 1. The first kappa shape index (κ1) is 25.2. The molecule has 0 radical (unpaired) electrons. The molecule has 2 heterocycles. The summed E-state index contributed by atoms with van der Waals surface area (Å²) in [5, 5.41) is 18.1. The smallest absolute Gasteiger partial charge is 0.131 e. The zero-order chi connectivity index (χ0) is 25.8. The van der Waals surface area contributed by atoms with Crippen LogP contribution in [0.15, 0.2) is 58.2 Å². The van der Waals surface area contributed by atoms with Gasteiger partial charge in [-0.05, 0) is 110 Å². The zero-order valence-corrected chi connectivity index (χ0v) is 21.5. The molecular weight excluding hydrogens is 469 g/mol. The third-order valence-electron chi connectivity index (χ3n) is 7.33. The highest BCUT2D eigenvalue weighted by molar-refractivity contribution is 5.87. The molecule has 2 aromatic carbocycles. The Bertz CT molecular complexity index is 1300. The number of hydrogen-bond donors (Lipinski definition) is 1. The lowest BCUT2D eigenvalue weighted by Crippen LogP contribution is -2.26. The molecule has 1 aliphatic heterocycles. The molecule has 1 saturated heterocycles. The van der Waals surface area contributed by atoms with Crippen LogP contribution in [0.5, 0.6) is 11.5 Å². The monoisotopic (exact) mass is 503 g/mol. The summed E-state index contributed by atoms with van der Waals surface area (Å²) in [6.07, 6.45) is 6.51. The van der Waals surface area contributed by atoms with Crippen molar-refractivity contribution in [1.29, 1.82) is 0 Å². The Balaban J connectivity index is 1.47. The van der Waals surface area contributed by atoms with Gasteiger partial charge in [-0.15, -0.1) is 0 Å². The van der Waals surface area contributed by atoms with Gasteiger partial charge in [0.1, 0.15) is 29.0 Å². The number of phenols is 1. The molecule has 1 N–H and O–H groups in total. The van der Waals surface area contributed by atoms with Crippen LogP contribution < -0.4 is 4.74 Å². The Labute approximate surface area is 217 Å². The highest BCUT2D eigenvalue weighted by Gasteiger charge is 2.24. The lowest BCUT2D eigenvalue weighted by atomic mass is 9.87. The SMILES string of the molecule is C/C(=C\c1nonc1C)C1=C(c2ccc(O[C@H]3CCN(CCCF)C3)cc2)c2ccc(O)cc2CCC1. The maximum atomic E-state index is 12.5. The second kappa shape index (κ2) is 11.3. The van der Waals surface area contributed by atoms with E-state index < -0.39 is 0 Å². The quantitative estimate of drug-likeness (QED) is 0.398. The fourth-order valence-electron chi connectivity index (χ4n) is 5.43. The van der Waals surface area contributed by atoms with Gasteiger partial charge in [0, 0.05) is 19.6 Å². The number of fused-ring (bicyclic) bond motifs is 1. The molecule has 1 fully saturated rings. The molecule has 194 valence electrons. The molecule has 3 aromatic rings. The molecule has 0 saturated carbocycles. The van der Waals surface area contributed by atoms with Crippen molar-refractivity contribution in [3.8, 4) is 11.5 Å². The van der Waals surface area contributed by atoms with E-state index in [2.05, 4.69) is 34.3 Å². The minimum absolute atomic E-state index is 0.131. The van der Waals surface area contributed by atoms with Gasteiger partial charge in [0.2, 0.25) is 0 Å². The van der Waals surface area contributed by atoms with Crippen LogP contribution in [0.3, 0.4) is 0 Å². The average molecular weight is 504 g/mol. The molecule has 1 aliphatic carbocycles. The Hall–Kier alpha value is -3.45. The Morgan fingerprint density at radius 2 is 2.03 bits per heavy atom. The van der Waals surface area contributed by atoms with Crippen molar-refractivity contribution in [2.45, 2.75) is 52.1 Å². The van der Waals surface area contributed by atoms with Crippen LogP contribution in [0.25, 0.3) is 11.6 Å². The second-order valence-corrected chi connectivity index (χ2v) is 10.0. The summed E-state index contributed by atoms with van der Waals surface area (Å²) < 4.78 is 23.7. The fourth-order valence-corrected chi connectivity index (χ4v) is 5.43. The van der Waals surface area contributed by atoms with Crippen molar-refractivity contribution in [3.63, 3.8) is 0 Å². The Morgan fingerprint density at radius 3 is 2.78 bits per heavy atom. The Kier molecular flexibility index (Phi) is 7.70. The van der Waals surface area contributed by atoms with Crippen LogP contribution in [-0.2, 0) is 6.42 Å². The first-order valence-corrected chi connectivity index (χ1v) is 13.1. The summed E-state index contributed by atoms with van der Waals surface area (Å²) in [5.41, 5.74) is 8.43. The van der Waals surface area contributed by atoms with E-state index in [0.717, 1.165) is 84.7 Å². The highest BCUT2D eigenvalue weighted by Crippen LogP contribution is 2.40. The van der Waals surface area contributed by atoms with E-state index in [0.29, 0.717) is 12.2 Å². The zero-order valence-electron chi connectivity index (χ0n) is 21.5. The number of likely N-dealkylation sites (tertiary alicyclic amines) is 1. The minimum atomic E-state index is -0.270. The molecule has 0 unspecified atom stereocenters. The van der Waals surface area contributed by atoms with Gasteiger partial charge in [-0.2, -0.15) is 0 Å². The van der Waals surface area contributed by atoms with Crippen LogP contribution in [0, 0.1) is 6.92 Å². The van der Waals surface area contributed by atoms with Crippen molar-refractivity contribution >= 4 is 11.6 Å². The normalized spacial score (nSPS) is 18.7. The molecule has 2 aliphatic rings. The van der Waals surface area contributed by atoms with Crippen LogP contribution in [-0.4, -0.2) is 52.7 Å². The van der Waals surface area contributed by atoms with E-state index in [1.165, 1.54) is 11.1 Å². The predicted octanol–water partition coefficient (Wildman–Crippen LogP) is 6.14. The van der Waals surface area contributed by atoms with Crippen molar-refractivity contribution in [1.82, 2.24) is 15.2 Å². The number of hydrogen-bond acceptors (Lipinski definition) is 6. The summed E-state index contributed by atoms with van der Waals surface area (Å²) in [7, 11) is 0. The lowest BCUT2D eigenvalue weighted by molar-refractivity contribution is 0.198. The largest absolute Gasteiger partial charge is 0.508 e. The molecule has 6 nitrogen and oxygen atoms in total. The molecule has 37 heavy (non-hydrogen) atoms. The lowest BCUT2D eigenvalue weighted by Gasteiger charge is -2.19. The number of aromatic hydroxyl groups is 1. The maximum absolute atomic E-state index is 12.5. The summed E-state index contributed by atoms with van der Waals surface area (Å²) >= 11 is 0. The molecule has 0 spiro atoms.